The van der Waals surface area contributed by atoms with E-state index in [9.17, 15) is 0 Å². The van der Waals surface area contributed by atoms with Gasteiger partial charge in [0.15, 0.2) is 0 Å². The van der Waals surface area contributed by atoms with Crippen molar-refractivity contribution in [3.8, 4) is 0 Å². The molecule has 1 heterocycles. The molecule has 0 spiro atoms. The zero-order chi connectivity index (χ0) is 11.1. The Kier molecular flexibility index (Phi) is 5.96. The predicted molar refractivity (Wildman–Crippen MR) is 65.1 cm³/mol. The second kappa shape index (κ2) is 7.02. The fourth-order valence-electron chi connectivity index (χ4n) is 2.24. The van der Waals surface area contributed by atoms with Gasteiger partial charge < -0.3 is 10.1 Å². The normalized spacial score (nSPS) is 22.9. The van der Waals surface area contributed by atoms with E-state index in [1.54, 1.807) is 0 Å². The molecule has 1 aliphatic rings. The second-order valence-electron chi connectivity index (χ2n) is 4.63. The van der Waals surface area contributed by atoms with Gasteiger partial charge >= 0.3 is 0 Å². The lowest BCUT2D eigenvalue weighted by Crippen LogP contribution is -2.30. The Morgan fingerprint density at radius 3 is 2.93 bits per heavy atom. The Balaban J connectivity index is 2.20. The van der Waals surface area contributed by atoms with Gasteiger partial charge in [0.05, 0.1) is 6.10 Å². The summed E-state index contributed by atoms with van der Waals surface area (Å²) in [6.45, 7) is 10.3. The van der Waals surface area contributed by atoms with Crippen LogP contribution in [0.3, 0.4) is 0 Å². The Morgan fingerprint density at radius 2 is 2.40 bits per heavy atom. The average molecular weight is 211 g/mol. The highest BCUT2D eigenvalue weighted by atomic mass is 16.5. The molecule has 1 aliphatic heterocycles. The topological polar surface area (TPSA) is 21.3 Å². The van der Waals surface area contributed by atoms with Crippen molar-refractivity contribution in [3.05, 3.63) is 12.2 Å². The van der Waals surface area contributed by atoms with Gasteiger partial charge in [0.2, 0.25) is 0 Å². The summed E-state index contributed by atoms with van der Waals surface area (Å²) < 4.78 is 5.64. The van der Waals surface area contributed by atoms with E-state index < -0.39 is 0 Å². The first-order valence-electron chi connectivity index (χ1n) is 6.21. The van der Waals surface area contributed by atoms with E-state index in [2.05, 4.69) is 25.7 Å². The lowest BCUT2D eigenvalue weighted by atomic mass is 10.0. The third kappa shape index (κ3) is 5.33. The summed E-state index contributed by atoms with van der Waals surface area (Å²) in [6.07, 6.45) is 6.54. The summed E-state index contributed by atoms with van der Waals surface area (Å²) in [5, 5.41) is 3.52. The maximum atomic E-state index is 5.64. The van der Waals surface area contributed by atoms with E-state index in [-0.39, 0.29) is 0 Å². The van der Waals surface area contributed by atoms with Crippen LogP contribution >= 0.6 is 0 Å². The molecule has 1 rings (SSSR count). The third-order valence-corrected chi connectivity index (χ3v) is 2.95. The van der Waals surface area contributed by atoms with Crippen molar-refractivity contribution in [1.29, 1.82) is 0 Å². The molecule has 0 amide bonds. The number of hydrogen-bond acceptors (Lipinski definition) is 2. The third-order valence-electron chi connectivity index (χ3n) is 2.95. The van der Waals surface area contributed by atoms with E-state index in [4.69, 9.17) is 4.74 Å². The molecular weight excluding hydrogens is 186 g/mol. The summed E-state index contributed by atoms with van der Waals surface area (Å²) >= 11 is 0. The van der Waals surface area contributed by atoms with Gasteiger partial charge in [0.25, 0.3) is 0 Å². The van der Waals surface area contributed by atoms with Crippen LogP contribution in [0.5, 0.6) is 0 Å². The van der Waals surface area contributed by atoms with Gasteiger partial charge in [-0.1, -0.05) is 12.5 Å². The first kappa shape index (κ1) is 12.7. The molecule has 0 radical (unpaired) electrons. The van der Waals surface area contributed by atoms with Gasteiger partial charge in [-0.05, 0) is 45.6 Å². The number of rotatable bonds is 7. The van der Waals surface area contributed by atoms with E-state index in [0.717, 1.165) is 19.6 Å². The molecule has 0 aromatic heterocycles. The monoisotopic (exact) mass is 211 g/mol. The van der Waals surface area contributed by atoms with Crippen LogP contribution in [-0.2, 0) is 4.74 Å². The highest BCUT2D eigenvalue weighted by Crippen LogP contribution is 2.19. The fraction of sp³-hybridized carbons (Fsp3) is 0.846. The Labute approximate surface area is 94.1 Å². The number of nitrogens with one attached hydrogen (secondary N) is 1. The molecule has 0 bridgehead atoms. The molecule has 2 nitrogen and oxygen atoms in total. The van der Waals surface area contributed by atoms with Crippen molar-refractivity contribution in [3.63, 3.8) is 0 Å². The molecule has 2 heteroatoms. The van der Waals surface area contributed by atoms with Crippen LogP contribution in [0.1, 0.15) is 46.0 Å². The van der Waals surface area contributed by atoms with E-state index >= 15 is 0 Å². The van der Waals surface area contributed by atoms with Gasteiger partial charge in [-0.15, -0.1) is 6.58 Å². The maximum Gasteiger partial charge on any atom is 0.0576 e. The first-order valence-corrected chi connectivity index (χ1v) is 6.21. The average Bonchev–Trinajstić information content (AvgIpc) is 2.66. The van der Waals surface area contributed by atoms with Crippen molar-refractivity contribution >= 4 is 0 Å². The SMILES string of the molecule is C=C(C)CC(CCC1CCCO1)NCC. The summed E-state index contributed by atoms with van der Waals surface area (Å²) in [7, 11) is 0. The van der Waals surface area contributed by atoms with Gasteiger partial charge in [0.1, 0.15) is 0 Å². The van der Waals surface area contributed by atoms with Crippen molar-refractivity contribution in [2.45, 2.75) is 58.1 Å². The highest BCUT2D eigenvalue weighted by molar-refractivity contribution is 4.93. The largest absolute Gasteiger partial charge is 0.378 e. The molecular formula is C13H25NO. The van der Waals surface area contributed by atoms with Crippen LogP contribution in [0.4, 0.5) is 0 Å². The zero-order valence-corrected chi connectivity index (χ0v) is 10.2. The Morgan fingerprint density at radius 1 is 1.60 bits per heavy atom. The van der Waals surface area contributed by atoms with Gasteiger partial charge in [-0.3, -0.25) is 0 Å². The van der Waals surface area contributed by atoms with Crippen LogP contribution in [0, 0.1) is 0 Å². The Hall–Kier alpha value is -0.340. The minimum Gasteiger partial charge on any atom is -0.378 e. The molecule has 2 unspecified atom stereocenters. The molecule has 0 aromatic carbocycles. The van der Waals surface area contributed by atoms with Gasteiger partial charge in [-0.25, -0.2) is 0 Å². The standard InChI is InChI=1S/C13H25NO/c1-4-14-12(10-11(2)3)7-8-13-6-5-9-15-13/h12-14H,2,4-10H2,1,3H3. The molecule has 0 saturated carbocycles. The van der Waals surface area contributed by atoms with Crippen LogP contribution in [0.2, 0.25) is 0 Å². The van der Waals surface area contributed by atoms with Gasteiger partial charge in [0, 0.05) is 12.6 Å². The lowest BCUT2D eigenvalue weighted by Gasteiger charge is -2.19. The number of hydrogen-bond donors (Lipinski definition) is 1. The lowest BCUT2D eigenvalue weighted by molar-refractivity contribution is 0.0996. The van der Waals surface area contributed by atoms with Crippen molar-refractivity contribution < 1.29 is 4.74 Å². The van der Waals surface area contributed by atoms with E-state index in [1.807, 2.05) is 0 Å². The first-order chi connectivity index (χ1) is 7.22. The van der Waals surface area contributed by atoms with Crippen LogP contribution in [0.15, 0.2) is 12.2 Å². The van der Waals surface area contributed by atoms with Crippen LogP contribution < -0.4 is 5.32 Å². The fourth-order valence-corrected chi connectivity index (χ4v) is 2.24. The molecule has 1 saturated heterocycles. The van der Waals surface area contributed by atoms with Crippen LogP contribution in [-0.4, -0.2) is 25.3 Å². The van der Waals surface area contributed by atoms with Crippen molar-refractivity contribution in [2.75, 3.05) is 13.2 Å². The summed E-state index contributed by atoms with van der Waals surface area (Å²) in [4.78, 5) is 0. The van der Waals surface area contributed by atoms with E-state index in [0.29, 0.717) is 12.1 Å². The van der Waals surface area contributed by atoms with E-state index in [1.165, 1.54) is 31.3 Å². The molecule has 1 fully saturated rings. The molecule has 2 atom stereocenters. The minimum atomic E-state index is 0.524. The second-order valence-corrected chi connectivity index (χ2v) is 4.63. The van der Waals surface area contributed by atoms with Crippen molar-refractivity contribution in [1.82, 2.24) is 5.32 Å². The summed E-state index contributed by atoms with van der Waals surface area (Å²) in [5.41, 5.74) is 1.27. The summed E-state index contributed by atoms with van der Waals surface area (Å²) in [6, 6.07) is 0.594. The summed E-state index contributed by atoms with van der Waals surface area (Å²) in [5.74, 6) is 0. The molecule has 15 heavy (non-hydrogen) atoms. The molecule has 88 valence electrons. The van der Waals surface area contributed by atoms with Crippen molar-refractivity contribution in [2.24, 2.45) is 0 Å². The number of ether oxygens (including phenoxy) is 1. The van der Waals surface area contributed by atoms with Crippen LogP contribution in [0.25, 0.3) is 0 Å². The van der Waals surface area contributed by atoms with Gasteiger partial charge in [-0.2, -0.15) is 0 Å². The highest BCUT2D eigenvalue weighted by Gasteiger charge is 2.17. The zero-order valence-electron chi connectivity index (χ0n) is 10.2. The quantitative estimate of drug-likeness (QED) is 0.654. The molecule has 0 aliphatic carbocycles. The molecule has 1 N–H and O–H groups in total. The molecule has 0 aromatic rings. The maximum absolute atomic E-state index is 5.64. The Bertz CT molecular complexity index is 185. The minimum absolute atomic E-state index is 0.524. The smallest absolute Gasteiger partial charge is 0.0576 e. The predicted octanol–water partition coefficient (Wildman–Crippen LogP) is 2.89.